The number of anilines is 1. The number of rotatable bonds is 2. The molecule has 0 aliphatic rings. The van der Waals surface area contributed by atoms with Crippen molar-refractivity contribution in [2.75, 3.05) is 5.32 Å². The summed E-state index contributed by atoms with van der Waals surface area (Å²) < 4.78 is 37.6. The molecule has 0 fully saturated rings. The second-order valence-electron chi connectivity index (χ2n) is 4.57. The number of carbonyl (C=O) groups is 1. The normalized spacial score (nSPS) is 11.6. The Hall–Kier alpha value is -3.17. The van der Waals surface area contributed by atoms with Gasteiger partial charge in [-0.05, 0) is 0 Å². The van der Waals surface area contributed by atoms with Gasteiger partial charge >= 0.3 is 29.4 Å². The van der Waals surface area contributed by atoms with E-state index in [-0.39, 0.29) is 5.78 Å². The average Bonchev–Trinajstić information content (AvgIpc) is 2.90. The Balaban J connectivity index is 2.02. The molecule has 1 aromatic carbocycles. The van der Waals surface area contributed by atoms with Gasteiger partial charge in [0.25, 0.3) is 0 Å². The van der Waals surface area contributed by atoms with E-state index >= 15 is 0 Å². The summed E-state index contributed by atoms with van der Waals surface area (Å²) in [6.45, 7) is 0. The van der Waals surface area contributed by atoms with Crippen molar-refractivity contribution in [1.82, 2.24) is 14.6 Å². The van der Waals surface area contributed by atoms with E-state index in [9.17, 15) is 22.8 Å². The highest BCUT2D eigenvalue weighted by Gasteiger charge is 2.41. The fraction of sp³-hybridized carbons (Fsp3) is 0.0769. The van der Waals surface area contributed by atoms with Gasteiger partial charge in [0.1, 0.15) is 5.69 Å². The van der Waals surface area contributed by atoms with Crippen LogP contribution in [-0.4, -0.2) is 26.7 Å². The summed E-state index contributed by atoms with van der Waals surface area (Å²) in [7, 11) is 0. The Morgan fingerprint density at radius 3 is 2.61 bits per heavy atom. The van der Waals surface area contributed by atoms with Crippen LogP contribution in [0, 0.1) is 0 Å². The molecule has 3 N–H and O–H groups in total. The van der Waals surface area contributed by atoms with Crippen LogP contribution in [0.3, 0.4) is 0 Å². The van der Waals surface area contributed by atoms with Crippen molar-refractivity contribution in [2.45, 2.75) is 6.18 Å². The molecule has 0 saturated carbocycles. The third kappa shape index (κ3) is 2.91. The number of fused-ring (bicyclic) bond motifs is 1. The SMILES string of the molecule is O=C(Nc1[nH]n2c(=O)cc(-c3ccccc3)nc2[nH+]1)C(F)(F)F. The van der Waals surface area contributed by atoms with Gasteiger partial charge in [0, 0.05) is 5.56 Å². The highest BCUT2D eigenvalue weighted by atomic mass is 19.4. The van der Waals surface area contributed by atoms with Crippen molar-refractivity contribution in [3.8, 4) is 11.3 Å². The minimum absolute atomic E-state index is 0.0335. The fourth-order valence-corrected chi connectivity index (χ4v) is 1.93. The summed E-state index contributed by atoms with van der Waals surface area (Å²) in [4.78, 5) is 29.5. The van der Waals surface area contributed by atoms with Gasteiger partial charge < -0.3 is 0 Å². The maximum Gasteiger partial charge on any atom is 0.480 e. The molecule has 0 atom stereocenters. The molecule has 7 nitrogen and oxygen atoms in total. The maximum absolute atomic E-state index is 12.2. The number of H-pyrrole nitrogens is 2. The number of nitrogens with zero attached hydrogens (tertiary/aromatic N) is 2. The van der Waals surface area contributed by atoms with Crippen LogP contribution in [0.2, 0.25) is 0 Å². The van der Waals surface area contributed by atoms with Crippen LogP contribution in [0.1, 0.15) is 0 Å². The zero-order valence-electron chi connectivity index (χ0n) is 11.3. The summed E-state index contributed by atoms with van der Waals surface area (Å²) in [6.07, 6.45) is -5.04. The molecule has 0 unspecified atom stereocenters. The van der Waals surface area contributed by atoms with Crippen LogP contribution in [0.25, 0.3) is 17.0 Å². The number of benzene rings is 1. The minimum atomic E-state index is -5.04. The molecule has 2 aromatic heterocycles. The lowest BCUT2D eigenvalue weighted by molar-refractivity contribution is -0.332. The van der Waals surface area contributed by atoms with Gasteiger partial charge in [-0.2, -0.15) is 18.3 Å². The summed E-state index contributed by atoms with van der Waals surface area (Å²) in [5, 5.41) is 3.88. The van der Waals surface area contributed by atoms with Crippen molar-refractivity contribution in [1.29, 1.82) is 0 Å². The monoisotopic (exact) mass is 324 g/mol. The fourth-order valence-electron chi connectivity index (χ4n) is 1.93. The summed E-state index contributed by atoms with van der Waals surface area (Å²) in [5.74, 6) is -2.60. The first-order chi connectivity index (χ1) is 10.8. The van der Waals surface area contributed by atoms with Crippen LogP contribution >= 0.6 is 0 Å². The number of alkyl halides is 3. The predicted molar refractivity (Wildman–Crippen MR) is 72.5 cm³/mol. The second-order valence-corrected chi connectivity index (χ2v) is 4.57. The lowest BCUT2D eigenvalue weighted by Crippen LogP contribution is -2.32. The van der Waals surface area contributed by atoms with Gasteiger partial charge in [0.05, 0.1) is 6.07 Å². The number of hydrogen-bond acceptors (Lipinski definition) is 3. The molecule has 0 aliphatic heterocycles. The van der Waals surface area contributed by atoms with Crippen molar-refractivity contribution in [3.05, 3.63) is 46.8 Å². The first-order valence-corrected chi connectivity index (χ1v) is 6.33. The van der Waals surface area contributed by atoms with E-state index < -0.39 is 23.6 Å². The lowest BCUT2D eigenvalue weighted by atomic mass is 10.1. The number of carbonyl (C=O) groups excluding carboxylic acids is 1. The topological polar surface area (TPSA) is 93.4 Å². The third-order valence-electron chi connectivity index (χ3n) is 2.94. The molecule has 0 aliphatic carbocycles. The van der Waals surface area contributed by atoms with Gasteiger partial charge in [0.2, 0.25) is 0 Å². The molecule has 3 rings (SSSR count). The number of nitrogens with one attached hydrogen (secondary N) is 3. The molecule has 0 bridgehead atoms. The molecule has 1 amide bonds. The lowest BCUT2D eigenvalue weighted by Gasteiger charge is -2.00. The molecule has 23 heavy (non-hydrogen) atoms. The Morgan fingerprint density at radius 2 is 1.96 bits per heavy atom. The number of aromatic nitrogens is 4. The Morgan fingerprint density at radius 1 is 1.26 bits per heavy atom. The van der Waals surface area contributed by atoms with Crippen LogP contribution in [-0.2, 0) is 4.79 Å². The van der Waals surface area contributed by atoms with Crippen LogP contribution < -0.4 is 15.9 Å². The minimum Gasteiger partial charge on any atom is -0.255 e. The number of halogens is 3. The largest absolute Gasteiger partial charge is 0.480 e. The predicted octanol–water partition coefficient (Wildman–Crippen LogP) is 1.00. The zero-order valence-corrected chi connectivity index (χ0v) is 11.3. The summed E-state index contributed by atoms with van der Waals surface area (Å²) in [6, 6.07) is 10.0. The molecule has 0 spiro atoms. The van der Waals surface area contributed by atoms with Crippen LogP contribution in [0.5, 0.6) is 0 Å². The van der Waals surface area contributed by atoms with E-state index in [4.69, 9.17) is 0 Å². The quantitative estimate of drug-likeness (QED) is 0.736. The van der Waals surface area contributed by atoms with E-state index in [1.807, 2.05) is 0 Å². The van der Waals surface area contributed by atoms with Crippen molar-refractivity contribution in [3.63, 3.8) is 0 Å². The van der Waals surface area contributed by atoms with Gasteiger partial charge in [-0.25, -0.2) is 10.3 Å². The Bertz CT molecular complexity index is 930. The molecule has 118 valence electrons. The van der Waals surface area contributed by atoms with Gasteiger partial charge in [-0.1, -0.05) is 34.8 Å². The molecular formula is C13H9F3N5O2+. The standard InChI is InChI=1S/C13H8F3N5O2/c14-13(15,16)10(23)18-11-19-12-17-8(6-9(22)21(12)20-11)7-4-2-1-3-5-7/h1-6H,(H2,17,18,19,20,23)/p+1. The van der Waals surface area contributed by atoms with E-state index in [2.05, 4.69) is 15.1 Å². The van der Waals surface area contributed by atoms with Gasteiger partial charge in [0.15, 0.2) is 0 Å². The van der Waals surface area contributed by atoms with Gasteiger partial charge in [-0.3, -0.25) is 9.59 Å². The van der Waals surface area contributed by atoms with Crippen LogP contribution in [0.4, 0.5) is 19.1 Å². The Kier molecular flexibility index (Phi) is 3.36. The second kappa shape index (κ2) is 5.23. The van der Waals surface area contributed by atoms with E-state index in [1.165, 1.54) is 6.07 Å². The van der Waals surface area contributed by atoms with E-state index in [0.717, 1.165) is 4.52 Å². The number of aromatic amines is 2. The van der Waals surface area contributed by atoms with Crippen molar-refractivity contribution < 1.29 is 22.9 Å². The number of amides is 1. The molecule has 0 radical (unpaired) electrons. The first-order valence-electron chi connectivity index (χ1n) is 6.33. The molecule has 10 heteroatoms. The average molecular weight is 324 g/mol. The highest BCUT2D eigenvalue weighted by Crippen LogP contribution is 2.17. The number of hydrogen-bond donors (Lipinski definition) is 2. The van der Waals surface area contributed by atoms with Crippen molar-refractivity contribution >= 4 is 17.6 Å². The van der Waals surface area contributed by atoms with Gasteiger partial charge in [-0.15, -0.1) is 4.98 Å². The maximum atomic E-state index is 12.2. The highest BCUT2D eigenvalue weighted by molar-refractivity contribution is 5.92. The van der Waals surface area contributed by atoms with Crippen molar-refractivity contribution in [2.24, 2.45) is 0 Å². The molecule has 0 saturated heterocycles. The van der Waals surface area contributed by atoms with E-state index in [0.29, 0.717) is 11.3 Å². The smallest absolute Gasteiger partial charge is 0.255 e. The summed E-state index contributed by atoms with van der Waals surface area (Å²) in [5.41, 5.74) is 0.472. The summed E-state index contributed by atoms with van der Waals surface area (Å²) >= 11 is 0. The Labute approximate surface area is 125 Å². The molecule has 3 aromatic rings. The van der Waals surface area contributed by atoms with E-state index in [1.54, 1.807) is 35.6 Å². The molecular weight excluding hydrogens is 315 g/mol. The van der Waals surface area contributed by atoms with Crippen LogP contribution in [0.15, 0.2) is 41.2 Å². The zero-order chi connectivity index (χ0) is 16.6. The molecule has 2 heterocycles. The first kappa shape index (κ1) is 14.8. The third-order valence-corrected chi connectivity index (χ3v) is 2.94.